The number of nitrogens with zero attached hydrogens (tertiary/aromatic N) is 1. The van der Waals surface area contributed by atoms with Crippen molar-refractivity contribution in [1.29, 1.82) is 0 Å². The van der Waals surface area contributed by atoms with Crippen LogP contribution in [-0.4, -0.2) is 24.4 Å². The Morgan fingerprint density at radius 3 is 2.42 bits per heavy atom. The zero-order valence-electron chi connectivity index (χ0n) is 13.3. The number of esters is 1. The van der Waals surface area contributed by atoms with Gasteiger partial charge >= 0.3 is 5.97 Å². The molecule has 1 aliphatic rings. The van der Waals surface area contributed by atoms with Crippen LogP contribution in [0.1, 0.15) is 35.2 Å². The molecule has 24 heavy (non-hydrogen) atoms. The van der Waals surface area contributed by atoms with Crippen LogP contribution in [0.2, 0.25) is 0 Å². The molecule has 0 N–H and O–H groups in total. The second-order valence-corrected chi connectivity index (χ2v) is 5.47. The summed E-state index contributed by atoms with van der Waals surface area (Å²) in [5, 5.41) is 0. The van der Waals surface area contributed by atoms with Crippen LogP contribution in [0, 0.1) is 0 Å². The van der Waals surface area contributed by atoms with Crippen molar-refractivity contribution >= 4 is 23.5 Å². The minimum Gasteiger partial charge on any atom is -0.466 e. The molecule has 2 aromatic carbocycles. The van der Waals surface area contributed by atoms with E-state index in [9.17, 15) is 14.4 Å². The van der Waals surface area contributed by atoms with E-state index in [4.69, 9.17) is 4.74 Å². The largest absolute Gasteiger partial charge is 0.466 e. The predicted molar refractivity (Wildman–Crippen MR) is 88.7 cm³/mol. The van der Waals surface area contributed by atoms with Crippen LogP contribution in [0.5, 0.6) is 0 Å². The standard InChI is InChI=1S/C19H17NO4/c1-2-24-17(21)12-15-14-10-6-7-11-16(14)20(19(15)23)18(22)13-8-4-3-5-9-13/h3-11,15H,2,12H2,1H3. The Hall–Kier alpha value is -2.95. The summed E-state index contributed by atoms with van der Waals surface area (Å²) >= 11 is 0. The monoisotopic (exact) mass is 323 g/mol. The molecule has 5 heteroatoms. The Bertz CT molecular complexity index is 785. The molecule has 2 amide bonds. The van der Waals surface area contributed by atoms with Gasteiger partial charge in [0, 0.05) is 5.56 Å². The molecular formula is C19H17NO4. The highest BCUT2D eigenvalue weighted by Crippen LogP contribution is 2.40. The Kier molecular flexibility index (Phi) is 4.42. The van der Waals surface area contributed by atoms with E-state index in [-0.39, 0.29) is 18.9 Å². The van der Waals surface area contributed by atoms with Crippen LogP contribution in [0.4, 0.5) is 5.69 Å². The molecule has 1 atom stereocenters. The first-order chi connectivity index (χ1) is 11.6. The van der Waals surface area contributed by atoms with Crippen LogP contribution in [0.15, 0.2) is 54.6 Å². The van der Waals surface area contributed by atoms with Gasteiger partial charge < -0.3 is 4.74 Å². The van der Waals surface area contributed by atoms with Gasteiger partial charge in [-0.25, -0.2) is 4.90 Å². The van der Waals surface area contributed by atoms with Crippen molar-refractivity contribution in [3.8, 4) is 0 Å². The van der Waals surface area contributed by atoms with Crippen LogP contribution in [0.25, 0.3) is 0 Å². The summed E-state index contributed by atoms with van der Waals surface area (Å²) in [6.45, 7) is 1.97. The number of ether oxygens (including phenoxy) is 1. The van der Waals surface area contributed by atoms with Gasteiger partial charge in [-0.1, -0.05) is 36.4 Å². The normalized spacial score (nSPS) is 16.0. The van der Waals surface area contributed by atoms with Gasteiger partial charge in [-0.2, -0.15) is 0 Å². The average molecular weight is 323 g/mol. The van der Waals surface area contributed by atoms with Gasteiger partial charge in [-0.15, -0.1) is 0 Å². The van der Waals surface area contributed by atoms with Gasteiger partial charge in [0.1, 0.15) is 0 Å². The van der Waals surface area contributed by atoms with Crippen LogP contribution >= 0.6 is 0 Å². The maximum atomic E-state index is 12.8. The topological polar surface area (TPSA) is 63.7 Å². The number of carbonyl (C=O) groups is 3. The summed E-state index contributed by atoms with van der Waals surface area (Å²) < 4.78 is 4.95. The lowest BCUT2D eigenvalue weighted by Crippen LogP contribution is -2.35. The first kappa shape index (κ1) is 15.9. The maximum absolute atomic E-state index is 12.8. The molecule has 1 unspecified atom stereocenters. The third-order valence-electron chi connectivity index (χ3n) is 3.97. The summed E-state index contributed by atoms with van der Waals surface area (Å²) in [5.74, 6) is -1.91. The number of carbonyl (C=O) groups excluding carboxylic acids is 3. The first-order valence-electron chi connectivity index (χ1n) is 7.81. The van der Waals surface area contributed by atoms with Crippen LogP contribution < -0.4 is 4.90 Å². The molecule has 5 nitrogen and oxygen atoms in total. The summed E-state index contributed by atoms with van der Waals surface area (Å²) in [6, 6.07) is 15.7. The molecule has 0 saturated carbocycles. The fourth-order valence-electron chi connectivity index (χ4n) is 2.90. The molecule has 0 saturated heterocycles. The van der Waals surface area contributed by atoms with E-state index >= 15 is 0 Å². The van der Waals surface area contributed by atoms with Gasteiger partial charge in [0.15, 0.2) is 0 Å². The van der Waals surface area contributed by atoms with E-state index in [1.807, 2.05) is 0 Å². The lowest BCUT2D eigenvalue weighted by molar-refractivity contribution is -0.144. The van der Waals surface area contributed by atoms with Gasteiger partial charge in [0.05, 0.1) is 24.6 Å². The van der Waals surface area contributed by atoms with E-state index in [0.717, 1.165) is 4.90 Å². The van der Waals surface area contributed by atoms with E-state index in [2.05, 4.69) is 0 Å². The number of para-hydroxylation sites is 1. The number of fused-ring (bicyclic) bond motifs is 1. The predicted octanol–water partition coefficient (Wildman–Crippen LogP) is 2.91. The highest BCUT2D eigenvalue weighted by atomic mass is 16.5. The fraction of sp³-hybridized carbons (Fsp3) is 0.211. The second kappa shape index (κ2) is 6.66. The molecule has 0 aliphatic carbocycles. The highest BCUT2D eigenvalue weighted by molar-refractivity contribution is 6.26. The molecule has 0 spiro atoms. The van der Waals surface area contributed by atoms with E-state index < -0.39 is 17.8 Å². The minimum atomic E-state index is -0.687. The molecule has 0 fully saturated rings. The third-order valence-corrected chi connectivity index (χ3v) is 3.97. The molecule has 3 rings (SSSR count). The number of hydrogen-bond donors (Lipinski definition) is 0. The number of rotatable bonds is 4. The molecule has 2 aromatic rings. The number of amides is 2. The van der Waals surface area contributed by atoms with Gasteiger partial charge in [0.2, 0.25) is 5.91 Å². The van der Waals surface area contributed by atoms with Gasteiger partial charge in [-0.05, 0) is 30.7 Å². The first-order valence-corrected chi connectivity index (χ1v) is 7.81. The summed E-state index contributed by atoms with van der Waals surface area (Å²) in [6.07, 6.45) is -0.0672. The highest BCUT2D eigenvalue weighted by Gasteiger charge is 2.41. The summed E-state index contributed by atoms with van der Waals surface area (Å²) in [7, 11) is 0. The Morgan fingerprint density at radius 1 is 1.04 bits per heavy atom. The molecule has 0 aromatic heterocycles. The van der Waals surface area contributed by atoms with Gasteiger partial charge in [-0.3, -0.25) is 14.4 Å². The van der Waals surface area contributed by atoms with Crippen molar-refractivity contribution in [3.05, 3.63) is 65.7 Å². The molecule has 0 radical (unpaired) electrons. The Morgan fingerprint density at radius 2 is 1.71 bits per heavy atom. The number of imide groups is 1. The quantitative estimate of drug-likeness (QED) is 0.641. The summed E-state index contributed by atoms with van der Waals surface area (Å²) in [5.41, 5.74) is 1.64. The molecule has 122 valence electrons. The fourth-order valence-corrected chi connectivity index (χ4v) is 2.90. The lowest BCUT2D eigenvalue weighted by atomic mass is 9.97. The van der Waals surface area contributed by atoms with Crippen molar-refractivity contribution in [2.24, 2.45) is 0 Å². The zero-order chi connectivity index (χ0) is 17.1. The van der Waals surface area contributed by atoms with Crippen LogP contribution in [-0.2, 0) is 14.3 Å². The second-order valence-electron chi connectivity index (χ2n) is 5.47. The molecule has 1 heterocycles. The zero-order valence-corrected chi connectivity index (χ0v) is 13.3. The van der Waals surface area contributed by atoms with Crippen molar-refractivity contribution in [2.45, 2.75) is 19.3 Å². The van der Waals surface area contributed by atoms with Crippen molar-refractivity contribution in [3.63, 3.8) is 0 Å². The molecule has 1 aliphatic heterocycles. The Balaban J connectivity index is 1.96. The average Bonchev–Trinajstić information content (AvgIpc) is 2.87. The minimum absolute atomic E-state index is 0.0672. The third kappa shape index (κ3) is 2.80. The summed E-state index contributed by atoms with van der Waals surface area (Å²) in [4.78, 5) is 38.6. The SMILES string of the molecule is CCOC(=O)CC1C(=O)N(C(=O)c2ccccc2)c2ccccc21. The number of benzene rings is 2. The van der Waals surface area contributed by atoms with E-state index in [0.29, 0.717) is 16.8 Å². The number of anilines is 1. The smallest absolute Gasteiger partial charge is 0.306 e. The van der Waals surface area contributed by atoms with Crippen molar-refractivity contribution in [2.75, 3.05) is 11.5 Å². The van der Waals surface area contributed by atoms with Crippen LogP contribution in [0.3, 0.4) is 0 Å². The van der Waals surface area contributed by atoms with E-state index in [1.54, 1.807) is 61.5 Å². The molecule has 0 bridgehead atoms. The van der Waals surface area contributed by atoms with Crippen molar-refractivity contribution < 1.29 is 19.1 Å². The maximum Gasteiger partial charge on any atom is 0.306 e. The van der Waals surface area contributed by atoms with Gasteiger partial charge in [0.25, 0.3) is 5.91 Å². The molecular weight excluding hydrogens is 306 g/mol. The Labute approximate surface area is 139 Å². The van der Waals surface area contributed by atoms with E-state index in [1.165, 1.54) is 0 Å². The van der Waals surface area contributed by atoms with Crippen molar-refractivity contribution in [1.82, 2.24) is 0 Å². The lowest BCUT2D eigenvalue weighted by Gasteiger charge is -2.16. The number of hydrogen-bond acceptors (Lipinski definition) is 4.